The maximum Gasteiger partial charge on any atom is 0.404 e. The highest BCUT2D eigenvalue weighted by molar-refractivity contribution is 6.45. The molecule has 0 aromatic heterocycles. The SMILES string of the molecule is C=CC(=O)O.CCOC(N)=O.Cl[C@H]1[C@H](Cl)[C@@H](Cl)[C@@H](Cl)[C@H](Cl)[C@H]1Cl. The van der Waals surface area contributed by atoms with Crippen LogP contribution in [0.5, 0.6) is 0 Å². The molecule has 23 heavy (non-hydrogen) atoms. The Labute approximate surface area is 164 Å². The van der Waals surface area contributed by atoms with Gasteiger partial charge < -0.3 is 15.6 Å². The van der Waals surface area contributed by atoms with Crippen LogP contribution in [0.15, 0.2) is 12.7 Å². The zero-order valence-electron chi connectivity index (χ0n) is 12.0. The molecule has 0 bridgehead atoms. The smallest absolute Gasteiger partial charge is 0.404 e. The number of hydrogen-bond donors (Lipinski definition) is 2. The van der Waals surface area contributed by atoms with Crippen LogP contribution >= 0.6 is 69.6 Å². The lowest BCUT2D eigenvalue weighted by atomic mass is 9.97. The monoisotopic (exact) mass is 449 g/mol. The Morgan fingerprint density at radius 2 is 1.22 bits per heavy atom. The van der Waals surface area contributed by atoms with Crippen LogP contribution < -0.4 is 5.73 Å². The van der Waals surface area contributed by atoms with Gasteiger partial charge in [0.15, 0.2) is 0 Å². The van der Waals surface area contributed by atoms with E-state index in [1.807, 2.05) is 0 Å². The number of carboxylic acids is 1. The Morgan fingerprint density at radius 1 is 1.00 bits per heavy atom. The Balaban J connectivity index is 0. The first kappa shape index (κ1) is 25.5. The average molecular weight is 452 g/mol. The van der Waals surface area contributed by atoms with Crippen LogP contribution in [0.25, 0.3) is 0 Å². The zero-order chi connectivity index (χ0) is 18.7. The molecule has 1 rings (SSSR count). The molecule has 0 saturated heterocycles. The van der Waals surface area contributed by atoms with Gasteiger partial charge in [0.2, 0.25) is 0 Å². The van der Waals surface area contributed by atoms with Crippen molar-refractivity contribution in [2.45, 2.75) is 39.2 Å². The van der Waals surface area contributed by atoms with Gasteiger partial charge in [-0.3, -0.25) is 0 Å². The number of halogens is 6. The summed E-state index contributed by atoms with van der Waals surface area (Å²) in [5.74, 6) is -0.981. The van der Waals surface area contributed by atoms with E-state index in [0.717, 1.165) is 6.08 Å². The zero-order valence-corrected chi connectivity index (χ0v) is 16.5. The van der Waals surface area contributed by atoms with E-state index in [4.69, 9.17) is 74.7 Å². The van der Waals surface area contributed by atoms with Crippen LogP contribution in [-0.4, -0.2) is 56.0 Å². The third-order valence-electron chi connectivity index (χ3n) is 2.29. The van der Waals surface area contributed by atoms with Crippen LogP contribution in [0.4, 0.5) is 4.79 Å². The maximum atomic E-state index is 9.60. The van der Waals surface area contributed by atoms with E-state index in [9.17, 15) is 9.59 Å². The van der Waals surface area contributed by atoms with Gasteiger partial charge in [0, 0.05) is 6.08 Å². The van der Waals surface area contributed by atoms with Crippen LogP contribution in [-0.2, 0) is 9.53 Å². The van der Waals surface area contributed by atoms with Gasteiger partial charge in [0.05, 0.1) is 38.9 Å². The standard InChI is InChI=1S/C6H6Cl6.C3H7NO2.C3H4O2/c7-1-2(8)4(10)6(12)5(11)3(1)9;1-2-6-3(4)5;1-2-3(4)5/h1-6H;2H2,1H3,(H2,4,5);2H,1H2,(H,4,5)/t1-,2-,3-,4+,5+,6+;;. The summed E-state index contributed by atoms with van der Waals surface area (Å²) in [5.41, 5.74) is 4.54. The summed E-state index contributed by atoms with van der Waals surface area (Å²) >= 11 is 35.3. The maximum absolute atomic E-state index is 9.60. The molecule has 1 aliphatic carbocycles. The van der Waals surface area contributed by atoms with Crippen molar-refractivity contribution in [1.29, 1.82) is 0 Å². The lowest BCUT2D eigenvalue weighted by molar-refractivity contribution is -0.131. The van der Waals surface area contributed by atoms with Crippen molar-refractivity contribution in [3.63, 3.8) is 0 Å². The fourth-order valence-electron chi connectivity index (χ4n) is 1.20. The quantitative estimate of drug-likeness (QED) is 0.490. The summed E-state index contributed by atoms with van der Waals surface area (Å²) < 4.78 is 4.18. The predicted octanol–water partition coefficient (Wildman–Crippen LogP) is 4.00. The van der Waals surface area contributed by atoms with Gasteiger partial charge in [-0.15, -0.1) is 69.6 Å². The Bertz CT molecular complexity index is 328. The molecular weight excluding hydrogens is 435 g/mol. The highest BCUT2D eigenvalue weighted by atomic mass is 35.5. The lowest BCUT2D eigenvalue weighted by Crippen LogP contribution is -2.52. The van der Waals surface area contributed by atoms with Crippen molar-refractivity contribution in [2.75, 3.05) is 6.61 Å². The number of nitrogens with two attached hydrogens (primary N) is 1. The number of primary amides is 1. The van der Waals surface area contributed by atoms with E-state index in [0.29, 0.717) is 6.61 Å². The first-order valence-corrected chi connectivity index (χ1v) is 8.75. The highest BCUT2D eigenvalue weighted by Crippen LogP contribution is 2.39. The molecule has 0 aromatic rings. The molecule has 0 unspecified atom stereocenters. The number of rotatable bonds is 2. The molecule has 1 saturated carbocycles. The molecule has 5 nitrogen and oxygen atoms in total. The molecule has 0 atom stereocenters. The number of carbonyl (C=O) groups excluding carboxylic acids is 1. The second kappa shape index (κ2) is 13.5. The van der Waals surface area contributed by atoms with Gasteiger partial charge in [-0.25, -0.2) is 9.59 Å². The van der Waals surface area contributed by atoms with E-state index in [1.165, 1.54) is 0 Å². The summed E-state index contributed by atoms with van der Waals surface area (Å²) in [4.78, 5) is 18.8. The second-order valence-electron chi connectivity index (χ2n) is 3.96. The lowest BCUT2D eigenvalue weighted by Gasteiger charge is -2.37. The average Bonchev–Trinajstić information content (AvgIpc) is 2.50. The van der Waals surface area contributed by atoms with E-state index >= 15 is 0 Å². The molecule has 0 heterocycles. The third-order valence-corrected chi connectivity index (χ3v) is 6.32. The molecular formula is C12H17Cl6NO4. The Kier molecular flexibility index (Phi) is 14.9. The normalized spacial score (nSPS) is 32.3. The molecule has 1 aliphatic rings. The van der Waals surface area contributed by atoms with Crippen LogP contribution in [0.3, 0.4) is 0 Å². The number of hydrogen-bond acceptors (Lipinski definition) is 3. The predicted molar refractivity (Wildman–Crippen MR) is 96.9 cm³/mol. The molecule has 1 amide bonds. The second-order valence-corrected chi connectivity index (χ2v) is 6.98. The molecule has 0 aliphatic heterocycles. The van der Waals surface area contributed by atoms with Crippen molar-refractivity contribution in [1.82, 2.24) is 0 Å². The van der Waals surface area contributed by atoms with Gasteiger partial charge in [0.25, 0.3) is 0 Å². The molecule has 0 radical (unpaired) electrons. The van der Waals surface area contributed by atoms with E-state index < -0.39 is 44.3 Å². The fourth-order valence-corrected chi connectivity index (χ4v) is 3.52. The number of aliphatic carboxylic acids is 1. The number of carboxylic acid groups (broad SMARTS) is 1. The third kappa shape index (κ3) is 10.6. The van der Waals surface area contributed by atoms with Crippen molar-refractivity contribution in [3.8, 4) is 0 Å². The summed E-state index contributed by atoms with van der Waals surface area (Å²) in [7, 11) is 0. The van der Waals surface area contributed by atoms with Gasteiger partial charge in [-0.05, 0) is 6.92 Å². The van der Waals surface area contributed by atoms with E-state index in [-0.39, 0.29) is 0 Å². The Hall–Kier alpha value is 0.220. The van der Waals surface area contributed by atoms with Crippen LogP contribution in [0, 0.1) is 0 Å². The highest BCUT2D eigenvalue weighted by Gasteiger charge is 2.46. The van der Waals surface area contributed by atoms with Gasteiger partial charge in [-0.2, -0.15) is 0 Å². The molecule has 3 N–H and O–H groups in total. The molecule has 11 heteroatoms. The van der Waals surface area contributed by atoms with Gasteiger partial charge in [-0.1, -0.05) is 6.58 Å². The first-order chi connectivity index (χ1) is 10.5. The molecule has 0 aromatic carbocycles. The topological polar surface area (TPSA) is 89.6 Å². The summed E-state index contributed by atoms with van der Waals surface area (Å²) in [6, 6.07) is 0. The molecule has 136 valence electrons. The largest absolute Gasteiger partial charge is 0.478 e. The van der Waals surface area contributed by atoms with Crippen molar-refractivity contribution >= 4 is 81.7 Å². The van der Waals surface area contributed by atoms with Crippen LogP contribution in [0.1, 0.15) is 6.92 Å². The van der Waals surface area contributed by atoms with E-state index in [1.54, 1.807) is 6.92 Å². The number of alkyl halides is 6. The summed E-state index contributed by atoms with van der Waals surface area (Å²) in [5, 5.41) is 4.98. The van der Waals surface area contributed by atoms with E-state index in [2.05, 4.69) is 17.0 Å². The minimum absolute atomic E-state index is 0.356. The minimum atomic E-state index is -0.981. The summed E-state index contributed by atoms with van der Waals surface area (Å²) in [6.07, 6.45) is 0.123. The number of ether oxygens (including phenoxy) is 1. The van der Waals surface area contributed by atoms with Crippen molar-refractivity contribution in [2.24, 2.45) is 5.73 Å². The van der Waals surface area contributed by atoms with Gasteiger partial charge in [0.1, 0.15) is 0 Å². The van der Waals surface area contributed by atoms with Crippen LogP contribution in [0.2, 0.25) is 0 Å². The Morgan fingerprint density at radius 3 is 1.26 bits per heavy atom. The van der Waals surface area contributed by atoms with Crippen molar-refractivity contribution < 1.29 is 19.4 Å². The number of carbonyl (C=O) groups is 2. The first-order valence-electron chi connectivity index (χ1n) is 6.13. The van der Waals surface area contributed by atoms with Crippen molar-refractivity contribution in [3.05, 3.63) is 12.7 Å². The molecule has 0 spiro atoms. The minimum Gasteiger partial charge on any atom is -0.478 e. The number of amides is 1. The fraction of sp³-hybridized carbons (Fsp3) is 0.667. The summed E-state index contributed by atoms with van der Waals surface area (Å²) in [6.45, 7) is 5.02. The molecule has 1 fully saturated rings. The van der Waals surface area contributed by atoms with Gasteiger partial charge >= 0.3 is 12.1 Å².